The van der Waals surface area contributed by atoms with Gasteiger partial charge in [-0.1, -0.05) is 30.9 Å². The largest absolute Gasteiger partial charge is 0.394 e. The quantitative estimate of drug-likeness (QED) is 0.716. The van der Waals surface area contributed by atoms with E-state index in [0.717, 1.165) is 17.7 Å². The highest BCUT2D eigenvalue weighted by atomic mass is 16.3. The molecule has 0 unspecified atom stereocenters. The van der Waals surface area contributed by atoms with Gasteiger partial charge >= 0.3 is 0 Å². The van der Waals surface area contributed by atoms with Crippen LogP contribution in [0.15, 0.2) is 24.8 Å². The maximum atomic E-state index is 9.01. The summed E-state index contributed by atoms with van der Waals surface area (Å²) < 4.78 is 0. The first kappa shape index (κ1) is 8.32. The molecule has 13 heavy (non-hydrogen) atoms. The van der Waals surface area contributed by atoms with E-state index >= 15 is 0 Å². The van der Waals surface area contributed by atoms with Gasteiger partial charge in [0.25, 0.3) is 0 Å². The molecule has 0 radical (unpaired) electrons. The number of aliphatic hydroxyl groups is 1. The molecule has 0 bridgehead atoms. The molecule has 2 N–H and O–H groups in total. The normalized spacial score (nSPS) is 19.3. The molecule has 1 aliphatic rings. The Morgan fingerprint density at radius 1 is 1.62 bits per heavy atom. The van der Waals surface area contributed by atoms with Crippen LogP contribution in [0.2, 0.25) is 0 Å². The standard InChI is InChI=1S/C11H13NO/c1-2-8-4-3-5-9-6-10(7-13)12-11(8)9/h2-5,10,12-13H,1,6-7H2/t10-/m1/s1. The molecule has 0 aromatic heterocycles. The van der Waals surface area contributed by atoms with Crippen LogP contribution in [0.25, 0.3) is 6.08 Å². The summed E-state index contributed by atoms with van der Waals surface area (Å²) in [7, 11) is 0. The Hall–Kier alpha value is -1.28. The molecular formula is C11H13NO. The number of hydrogen-bond acceptors (Lipinski definition) is 2. The van der Waals surface area contributed by atoms with Gasteiger partial charge in [-0.25, -0.2) is 0 Å². The molecule has 1 aliphatic heterocycles. The van der Waals surface area contributed by atoms with Crippen molar-refractivity contribution in [1.82, 2.24) is 0 Å². The molecule has 2 heteroatoms. The number of anilines is 1. The first-order valence-corrected chi connectivity index (χ1v) is 4.47. The van der Waals surface area contributed by atoms with E-state index in [1.54, 1.807) is 0 Å². The van der Waals surface area contributed by atoms with Crippen LogP contribution < -0.4 is 5.32 Å². The summed E-state index contributed by atoms with van der Waals surface area (Å²) in [6.07, 6.45) is 2.75. The van der Waals surface area contributed by atoms with E-state index in [2.05, 4.69) is 18.0 Å². The summed E-state index contributed by atoms with van der Waals surface area (Å²) >= 11 is 0. The molecule has 0 amide bonds. The number of benzene rings is 1. The molecule has 0 saturated carbocycles. The number of nitrogens with one attached hydrogen (secondary N) is 1. The van der Waals surface area contributed by atoms with Crippen LogP contribution in [-0.4, -0.2) is 17.8 Å². The van der Waals surface area contributed by atoms with E-state index in [1.165, 1.54) is 5.56 Å². The van der Waals surface area contributed by atoms with Crippen molar-refractivity contribution in [1.29, 1.82) is 0 Å². The Morgan fingerprint density at radius 2 is 2.46 bits per heavy atom. The van der Waals surface area contributed by atoms with Gasteiger partial charge in [0.05, 0.1) is 12.6 Å². The van der Waals surface area contributed by atoms with Crippen molar-refractivity contribution in [2.24, 2.45) is 0 Å². The van der Waals surface area contributed by atoms with Crippen molar-refractivity contribution in [3.63, 3.8) is 0 Å². The van der Waals surface area contributed by atoms with Crippen molar-refractivity contribution in [3.05, 3.63) is 35.9 Å². The minimum absolute atomic E-state index is 0.177. The van der Waals surface area contributed by atoms with Crippen LogP contribution in [0.3, 0.4) is 0 Å². The fourth-order valence-corrected chi connectivity index (χ4v) is 1.77. The molecule has 0 aliphatic carbocycles. The Bertz CT molecular complexity index is 333. The topological polar surface area (TPSA) is 32.3 Å². The van der Waals surface area contributed by atoms with Crippen LogP contribution in [-0.2, 0) is 6.42 Å². The van der Waals surface area contributed by atoms with E-state index < -0.39 is 0 Å². The van der Waals surface area contributed by atoms with Crippen molar-refractivity contribution in [2.45, 2.75) is 12.5 Å². The monoisotopic (exact) mass is 175 g/mol. The summed E-state index contributed by atoms with van der Waals surface area (Å²) in [6, 6.07) is 6.32. The van der Waals surface area contributed by atoms with Crippen molar-refractivity contribution < 1.29 is 5.11 Å². The Kier molecular flexibility index (Phi) is 2.07. The zero-order valence-corrected chi connectivity index (χ0v) is 7.46. The highest BCUT2D eigenvalue weighted by Gasteiger charge is 2.20. The Labute approximate surface area is 77.9 Å². The zero-order chi connectivity index (χ0) is 9.26. The molecule has 1 aromatic rings. The molecule has 0 spiro atoms. The maximum Gasteiger partial charge on any atom is 0.0636 e. The zero-order valence-electron chi connectivity index (χ0n) is 7.46. The second-order valence-corrected chi connectivity index (χ2v) is 3.31. The number of rotatable bonds is 2. The van der Waals surface area contributed by atoms with Gasteiger partial charge < -0.3 is 10.4 Å². The van der Waals surface area contributed by atoms with Crippen LogP contribution in [0.5, 0.6) is 0 Å². The van der Waals surface area contributed by atoms with Crippen molar-refractivity contribution >= 4 is 11.8 Å². The first-order chi connectivity index (χ1) is 6.35. The molecular weight excluding hydrogens is 162 g/mol. The lowest BCUT2D eigenvalue weighted by molar-refractivity contribution is 0.277. The van der Waals surface area contributed by atoms with E-state index in [9.17, 15) is 0 Å². The molecule has 2 nitrogen and oxygen atoms in total. The van der Waals surface area contributed by atoms with Crippen LogP contribution >= 0.6 is 0 Å². The summed E-state index contributed by atoms with van der Waals surface area (Å²) in [5.41, 5.74) is 3.53. The maximum absolute atomic E-state index is 9.01. The molecule has 2 rings (SSSR count). The van der Waals surface area contributed by atoms with Crippen molar-refractivity contribution in [2.75, 3.05) is 11.9 Å². The fourth-order valence-electron chi connectivity index (χ4n) is 1.77. The summed E-state index contributed by atoms with van der Waals surface area (Å²) in [5, 5.41) is 12.3. The van der Waals surface area contributed by atoms with E-state index in [0.29, 0.717) is 0 Å². The predicted molar refractivity (Wildman–Crippen MR) is 54.7 cm³/mol. The molecule has 0 saturated heterocycles. The summed E-state index contributed by atoms with van der Waals surface area (Å²) in [6.45, 7) is 3.94. The molecule has 1 heterocycles. The Morgan fingerprint density at radius 3 is 3.15 bits per heavy atom. The average molecular weight is 175 g/mol. The third kappa shape index (κ3) is 1.33. The first-order valence-electron chi connectivity index (χ1n) is 4.47. The lowest BCUT2D eigenvalue weighted by Gasteiger charge is -2.07. The third-order valence-electron chi connectivity index (χ3n) is 2.44. The lowest BCUT2D eigenvalue weighted by Crippen LogP contribution is -2.19. The van der Waals surface area contributed by atoms with Gasteiger partial charge in [-0.05, 0) is 17.5 Å². The third-order valence-corrected chi connectivity index (χ3v) is 2.44. The predicted octanol–water partition coefficient (Wildman–Crippen LogP) is 1.66. The van der Waals surface area contributed by atoms with Crippen LogP contribution in [0.4, 0.5) is 5.69 Å². The van der Waals surface area contributed by atoms with Crippen LogP contribution in [0, 0.1) is 0 Å². The SMILES string of the molecule is C=Cc1cccc2c1N[C@@H](CO)C2. The second kappa shape index (κ2) is 3.23. The summed E-state index contributed by atoms with van der Waals surface area (Å²) in [4.78, 5) is 0. The lowest BCUT2D eigenvalue weighted by atomic mass is 10.1. The van der Waals surface area contributed by atoms with Gasteiger partial charge in [-0.3, -0.25) is 0 Å². The minimum Gasteiger partial charge on any atom is -0.394 e. The van der Waals surface area contributed by atoms with Gasteiger partial charge in [0, 0.05) is 5.69 Å². The van der Waals surface area contributed by atoms with Crippen molar-refractivity contribution in [3.8, 4) is 0 Å². The summed E-state index contributed by atoms with van der Waals surface area (Å²) in [5.74, 6) is 0. The fraction of sp³-hybridized carbons (Fsp3) is 0.273. The van der Waals surface area contributed by atoms with Gasteiger partial charge in [-0.15, -0.1) is 0 Å². The smallest absolute Gasteiger partial charge is 0.0636 e. The minimum atomic E-state index is 0.177. The van der Waals surface area contributed by atoms with Gasteiger partial charge in [0.2, 0.25) is 0 Å². The average Bonchev–Trinajstić information content (AvgIpc) is 2.59. The molecule has 1 aromatic carbocycles. The number of aliphatic hydroxyl groups excluding tert-OH is 1. The second-order valence-electron chi connectivity index (χ2n) is 3.31. The number of fused-ring (bicyclic) bond motifs is 1. The van der Waals surface area contributed by atoms with E-state index in [-0.39, 0.29) is 12.6 Å². The van der Waals surface area contributed by atoms with Crippen LogP contribution in [0.1, 0.15) is 11.1 Å². The number of para-hydroxylation sites is 1. The van der Waals surface area contributed by atoms with E-state index in [4.69, 9.17) is 5.11 Å². The van der Waals surface area contributed by atoms with Gasteiger partial charge in [0.15, 0.2) is 0 Å². The molecule has 68 valence electrons. The number of hydrogen-bond donors (Lipinski definition) is 2. The van der Waals surface area contributed by atoms with E-state index in [1.807, 2.05) is 18.2 Å². The highest BCUT2D eigenvalue weighted by molar-refractivity contribution is 5.71. The Balaban J connectivity index is 2.39. The van der Waals surface area contributed by atoms with Gasteiger partial charge in [-0.2, -0.15) is 0 Å². The molecule has 0 fully saturated rings. The highest BCUT2D eigenvalue weighted by Crippen LogP contribution is 2.29. The van der Waals surface area contributed by atoms with Gasteiger partial charge in [0.1, 0.15) is 0 Å². The molecule has 1 atom stereocenters.